The number of nitrogens with zero attached hydrogens (tertiary/aromatic N) is 1. The van der Waals surface area contributed by atoms with E-state index in [1.165, 1.54) is 0 Å². The molecule has 2 aromatic carbocycles. The molecular weight excluding hydrogens is 348 g/mol. The highest BCUT2D eigenvalue weighted by Crippen LogP contribution is 2.28. The highest BCUT2D eigenvalue weighted by Gasteiger charge is 2.12. The fourth-order valence-electron chi connectivity index (χ4n) is 2.96. The maximum atomic E-state index is 12.3. The van der Waals surface area contributed by atoms with Gasteiger partial charge in [0.1, 0.15) is 0 Å². The molecule has 0 saturated heterocycles. The lowest BCUT2D eigenvalue weighted by Gasteiger charge is -2.12. The molecule has 0 aliphatic heterocycles. The zero-order valence-corrected chi connectivity index (χ0v) is 15.7. The lowest BCUT2D eigenvalue weighted by atomic mass is 10.0. The van der Waals surface area contributed by atoms with E-state index in [-0.39, 0.29) is 11.3 Å². The summed E-state index contributed by atoms with van der Waals surface area (Å²) >= 11 is 0. The molecule has 0 atom stereocenters. The van der Waals surface area contributed by atoms with Crippen molar-refractivity contribution in [2.75, 3.05) is 10.5 Å². The number of aromatic nitrogens is 1. The summed E-state index contributed by atoms with van der Waals surface area (Å²) in [6.45, 7) is 1.96. The Hall–Kier alpha value is -2.60. The standard InChI is InChI=1S/C20H22N2O3S/c1-3-4-12-26(24,25)21-16-9-7-8-15(13-16)19-14-22(2)20(23)18-11-6-5-10-17(18)19/h5-11,13-14,21H,3-4,12H2,1-2H3. The summed E-state index contributed by atoms with van der Waals surface area (Å²) in [5, 5.41) is 1.49. The van der Waals surface area contributed by atoms with Crippen LogP contribution in [0.5, 0.6) is 0 Å². The van der Waals surface area contributed by atoms with Crippen molar-refractivity contribution < 1.29 is 8.42 Å². The van der Waals surface area contributed by atoms with Crippen molar-refractivity contribution in [3.63, 3.8) is 0 Å². The third-order valence-corrected chi connectivity index (χ3v) is 5.68. The van der Waals surface area contributed by atoms with Gasteiger partial charge >= 0.3 is 0 Å². The van der Waals surface area contributed by atoms with Crippen LogP contribution < -0.4 is 10.3 Å². The average Bonchev–Trinajstić information content (AvgIpc) is 2.63. The van der Waals surface area contributed by atoms with E-state index in [0.717, 1.165) is 22.9 Å². The number of fused-ring (bicyclic) bond motifs is 1. The van der Waals surface area contributed by atoms with Crippen molar-refractivity contribution >= 4 is 26.5 Å². The molecule has 6 heteroatoms. The maximum Gasteiger partial charge on any atom is 0.258 e. The molecule has 0 amide bonds. The maximum absolute atomic E-state index is 12.3. The molecular formula is C20H22N2O3S. The second-order valence-electron chi connectivity index (χ2n) is 6.36. The summed E-state index contributed by atoms with van der Waals surface area (Å²) in [5.41, 5.74) is 2.21. The van der Waals surface area contributed by atoms with E-state index in [2.05, 4.69) is 4.72 Å². The van der Waals surface area contributed by atoms with E-state index < -0.39 is 10.0 Å². The Morgan fingerprint density at radius 3 is 2.50 bits per heavy atom. The largest absolute Gasteiger partial charge is 0.317 e. The fourth-order valence-corrected chi connectivity index (χ4v) is 4.22. The van der Waals surface area contributed by atoms with E-state index in [0.29, 0.717) is 17.5 Å². The van der Waals surface area contributed by atoms with Gasteiger partial charge in [0.05, 0.1) is 5.75 Å². The SMILES string of the molecule is CCCCS(=O)(=O)Nc1cccc(-c2cn(C)c(=O)c3ccccc23)c1. The van der Waals surface area contributed by atoms with Gasteiger partial charge in [0.25, 0.3) is 5.56 Å². The van der Waals surface area contributed by atoms with Crippen molar-refractivity contribution in [1.82, 2.24) is 4.57 Å². The molecule has 0 fully saturated rings. The molecule has 0 aliphatic rings. The third-order valence-electron chi connectivity index (χ3n) is 4.30. The lowest BCUT2D eigenvalue weighted by molar-refractivity contribution is 0.598. The molecule has 3 aromatic rings. The van der Waals surface area contributed by atoms with Gasteiger partial charge in [-0.25, -0.2) is 8.42 Å². The number of hydrogen-bond acceptors (Lipinski definition) is 3. The summed E-state index contributed by atoms with van der Waals surface area (Å²) in [4.78, 5) is 12.3. The molecule has 0 spiro atoms. The average molecular weight is 370 g/mol. The summed E-state index contributed by atoms with van der Waals surface area (Å²) in [5.74, 6) is 0.108. The Kier molecular flexibility index (Phi) is 5.13. The molecule has 1 N–H and O–H groups in total. The number of aryl methyl sites for hydroxylation is 1. The van der Waals surface area contributed by atoms with Gasteiger partial charge in [-0.05, 0) is 35.6 Å². The molecule has 0 unspecified atom stereocenters. The van der Waals surface area contributed by atoms with Crippen molar-refractivity contribution in [2.24, 2.45) is 7.05 Å². The van der Waals surface area contributed by atoms with Gasteiger partial charge in [-0.3, -0.25) is 9.52 Å². The Labute approximate surface area is 153 Å². The number of benzene rings is 2. The topological polar surface area (TPSA) is 68.2 Å². The third kappa shape index (κ3) is 3.80. The quantitative estimate of drug-likeness (QED) is 0.718. The minimum atomic E-state index is -3.36. The van der Waals surface area contributed by atoms with Gasteiger partial charge in [-0.15, -0.1) is 0 Å². The zero-order valence-electron chi connectivity index (χ0n) is 14.9. The molecule has 1 aromatic heterocycles. The number of sulfonamides is 1. The van der Waals surface area contributed by atoms with E-state index in [9.17, 15) is 13.2 Å². The van der Waals surface area contributed by atoms with Crippen LogP contribution in [0.15, 0.2) is 59.5 Å². The monoisotopic (exact) mass is 370 g/mol. The highest BCUT2D eigenvalue weighted by atomic mass is 32.2. The van der Waals surface area contributed by atoms with Gasteiger partial charge in [0.2, 0.25) is 10.0 Å². The van der Waals surface area contributed by atoms with Crippen molar-refractivity contribution in [1.29, 1.82) is 0 Å². The van der Waals surface area contributed by atoms with Gasteiger partial charge < -0.3 is 4.57 Å². The number of pyridine rings is 1. The van der Waals surface area contributed by atoms with Crippen LogP contribution in [0.25, 0.3) is 21.9 Å². The van der Waals surface area contributed by atoms with Crippen LogP contribution in [0, 0.1) is 0 Å². The van der Waals surface area contributed by atoms with Crippen LogP contribution >= 0.6 is 0 Å². The van der Waals surface area contributed by atoms with Crippen molar-refractivity contribution in [3.8, 4) is 11.1 Å². The van der Waals surface area contributed by atoms with Crippen LogP contribution in [0.4, 0.5) is 5.69 Å². The first kappa shape index (κ1) is 18.2. The van der Waals surface area contributed by atoms with E-state index >= 15 is 0 Å². The van der Waals surface area contributed by atoms with Gasteiger partial charge in [-0.2, -0.15) is 0 Å². The van der Waals surface area contributed by atoms with Crippen LogP contribution in [0.1, 0.15) is 19.8 Å². The van der Waals surface area contributed by atoms with Crippen LogP contribution in [-0.2, 0) is 17.1 Å². The van der Waals surface area contributed by atoms with Gasteiger partial charge in [0, 0.05) is 29.9 Å². The predicted molar refractivity (Wildman–Crippen MR) is 107 cm³/mol. The van der Waals surface area contributed by atoms with Crippen molar-refractivity contribution in [3.05, 3.63) is 65.1 Å². The number of anilines is 1. The second-order valence-corrected chi connectivity index (χ2v) is 8.20. The van der Waals surface area contributed by atoms with E-state index in [1.807, 2.05) is 37.3 Å². The van der Waals surface area contributed by atoms with Crippen LogP contribution in [0.2, 0.25) is 0 Å². The number of unbranched alkanes of at least 4 members (excludes halogenated alkanes) is 1. The van der Waals surface area contributed by atoms with Crippen LogP contribution in [-0.4, -0.2) is 18.7 Å². The summed E-state index contributed by atoms with van der Waals surface area (Å²) in [6, 6.07) is 14.7. The first-order valence-corrected chi connectivity index (χ1v) is 10.3. The lowest BCUT2D eigenvalue weighted by Crippen LogP contribution is -2.17. The molecule has 0 aliphatic carbocycles. The van der Waals surface area contributed by atoms with E-state index in [4.69, 9.17) is 0 Å². The number of hydrogen-bond donors (Lipinski definition) is 1. The molecule has 136 valence electrons. The predicted octanol–water partition coefficient (Wildman–Crippen LogP) is 3.75. The molecule has 0 radical (unpaired) electrons. The summed E-state index contributed by atoms with van der Waals surface area (Å²) in [6.07, 6.45) is 3.24. The molecule has 0 saturated carbocycles. The molecule has 0 bridgehead atoms. The minimum absolute atomic E-state index is 0.0548. The van der Waals surface area contributed by atoms with Crippen molar-refractivity contribution in [2.45, 2.75) is 19.8 Å². The van der Waals surface area contributed by atoms with E-state index in [1.54, 1.807) is 36.0 Å². The first-order chi connectivity index (χ1) is 12.4. The summed E-state index contributed by atoms with van der Waals surface area (Å²) in [7, 11) is -1.64. The van der Waals surface area contributed by atoms with Gasteiger partial charge in [0.15, 0.2) is 0 Å². The zero-order chi connectivity index (χ0) is 18.7. The second kappa shape index (κ2) is 7.33. The highest BCUT2D eigenvalue weighted by molar-refractivity contribution is 7.92. The molecule has 3 rings (SSSR count). The summed E-state index contributed by atoms with van der Waals surface area (Å²) < 4.78 is 28.5. The Morgan fingerprint density at radius 2 is 1.77 bits per heavy atom. The normalized spacial score (nSPS) is 11.6. The molecule has 5 nitrogen and oxygen atoms in total. The minimum Gasteiger partial charge on any atom is -0.317 e. The number of rotatable bonds is 6. The number of nitrogens with one attached hydrogen (secondary N) is 1. The Balaban J connectivity index is 2.06. The fraction of sp³-hybridized carbons (Fsp3) is 0.250. The first-order valence-electron chi connectivity index (χ1n) is 8.60. The smallest absolute Gasteiger partial charge is 0.258 e. The van der Waals surface area contributed by atoms with Crippen LogP contribution in [0.3, 0.4) is 0 Å². The Bertz CT molecular complexity index is 1100. The molecule has 26 heavy (non-hydrogen) atoms. The molecule has 1 heterocycles. The van der Waals surface area contributed by atoms with Gasteiger partial charge in [-0.1, -0.05) is 43.7 Å². The Morgan fingerprint density at radius 1 is 1.04 bits per heavy atom.